The lowest BCUT2D eigenvalue weighted by atomic mass is 10.3. The van der Waals surface area contributed by atoms with Gasteiger partial charge >= 0.3 is 0 Å². The van der Waals surface area contributed by atoms with Crippen molar-refractivity contribution in [2.45, 2.75) is 4.90 Å². The molecule has 3 aromatic rings. The van der Waals surface area contributed by atoms with Crippen molar-refractivity contribution in [3.8, 4) is 5.75 Å². The maximum Gasteiger partial charge on any atom is 0.240 e. The molecular formula is C16H18N4O5S2. The standard InChI is InChI=1S/C16H18N4O5S2/c1-25-15-3-2-4-16(12-15)27(23,24)18-8-10-26(21,22)19-13-6-9-20-14(11-13)5-7-17-20/h2-7,9,11-12,18-19H,8,10H2,1H3. The smallest absolute Gasteiger partial charge is 0.240 e. The van der Waals surface area contributed by atoms with Crippen LogP contribution in [-0.2, 0) is 20.0 Å². The molecule has 0 fully saturated rings. The number of pyridine rings is 1. The Morgan fingerprint density at radius 2 is 1.93 bits per heavy atom. The fourth-order valence-corrected chi connectivity index (χ4v) is 4.53. The van der Waals surface area contributed by atoms with Gasteiger partial charge in [0.05, 0.1) is 29.0 Å². The largest absolute Gasteiger partial charge is 0.497 e. The second-order valence-electron chi connectivity index (χ2n) is 5.61. The van der Waals surface area contributed by atoms with Crippen LogP contribution in [0.5, 0.6) is 5.75 Å². The Balaban J connectivity index is 1.62. The topological polar surface area (TPSA) is 119 Å². The average molecular weight is 410 g/mol. The molecule has 2 heterocycles. The summed E-state index contributed by atoms with van der Waals surface area (Å²) < 4.78 is 60.2. The summed E-state index contributed by atoms with van der Waals surface area (Å²) in [6, 6.07) is 10.8. The van der Waals surface area contributed by atoms with Crippen LogP contribution in [0.15, 0.2) is 59.8 Å². The molecule has 0 bridgehead atoms. The molecule has 0 unspecified atom stereocenters. The van der Waals surface area contributed by atoms with E-state index in [4.69, 9.17) is 4.74 Å². The summed E-state index contributed by atoms with van der Waals surface area (Å²) in [6.45, 7) is -0.274. The molecule has 3 rings (SSSR count). The maximum absolute atomic E-state index is 12.3. The van der Waals surface area contributed by atoms with Gasteiger partial charge in [-0.2, -0.15) is 5.10 Å². The van der Waals surface area contributed by atoms with Gasteiger partial charge in [0.1, 0.15) is 5.75 Å². The molecular weight excluding hydrogens is 392 g/mol. The van der Waals surface area contributed by atoms with Gasteiger partial charge in [0.2, 0.25) is 20.0 Å². The lowest BCUT2D eigenvalue weighted by Gasteiger charge is -2.10. The van der Waals surface area contributed by atoms with Crippen LogP contribution in [0.2, 0.25) is 0 Å². The van der Waals surface area contributed by atoms with Crippen LogP contribution < -0.4 is 14.2 Å². The lowest BCUT2D eigenvalue weighted by Crippen LogP contribution is -2.31. The van der Waals surface area contributed by atoms with E-state index in [2.05, 4.69) is 14.5 Å². The summed E-state index contributed by atoms with van der Waals surface area (Å²) in [4.78, 5) is -0.00149. The van der Waals surface area contributed by atoms with E-state index in [1.807, 2.05) is 0 Å². The zero-order valence-electron chi connectivity index (χ0n) is 14.4. The van der Waals surface area contributed by atoms with Gasteiger partial charge < -0.3 is 4.74 Å². The highest BCUT2D eigenvalue weighted by atomic mass is 32.2. The van der Waals surface area contributed by atoms with E-state index < -0.39 is 25.8 Å². The second-order valence-corrected chi connectivity index (χ2v) is 9.22. The van der Waals surface area contributed by atoms with Crippen molar-refractivity contribution in [3.05, 3.63) is 54.9 Å². The van der Waals surface area contributed by atoms with Crippen LogP contribution in [0.3, 0.4) is 0 Å². The monoisotopic (exact) mass is 410 g/mol. The summed E-state index contributed by atoms with van der Waals surface area (Å²) >= 11 is 0. The van der Waals surface area contributed by atoms with Gasteiger partial charge in [-0.3, -0.25) is 4.72 Å². The van der Waals surface area contributed by atoms with E-state index in [1.165, 1.54) is 25.3 Å². The van der Waals surface area contributed by atoms with Gasteiger partial charge in [0.25, 0.3) is 0 Å². The number of hydrogen-bond donors (Lipinski definition) is 2. The SMILES string of the molecule is COc1cccc(S(=O)(=O)NCCS(=O)(=O)Nc2ccn3nccc3c2)c1. The zero-order valence-corrected chi connectivity index (χ0v) is 16.0. The van der Waals surface area contributed by atoms with Gasteiger partial charge in [0, 0.05) is 25.0 Å². The van der Waals surface area contributed by atoms with Crippen molar-refractivity contribution in [2.24, 2.45) is 0 Å². The average Bonchev–Trinajstić information content (AvgIpc) is 3.08. The number of aromatic nitrogens is 2. The minimum Gasteiger partial charge on any atom is -0.497 e. The highest BCUT2D eigenvalue weighted by Crippen LogP contribution is 2.17. The Labute approximate surface area is 157 Å². The Morgan fingerprint density at radius 1 is 1.11 bits per heavy atom. The van der Waals surface area contributed by atoms with Crippen LogP contribution >= 0.6 is 0 Å². The normalized spacial score (nSPS) is 12.2. The fraction of sp³-hybridized carbons (Fsp3) is 0.188. The summed E-state index contributed by atoms with van der Waals surface area (Å²) in [6.07, 6.45) is 3.22. The van der Waals surface area contributed by atoms with Gasteiger partial charge in [-0.05, 0) is 30.3 Å². The van der Waals surface area contributed by atoms with E-state index in [0.717, 1.165) is 5.52 Å². The molecule has 0 spiro atoms. The van der Waals surface area contributed by atoms with Gasteiger partial charge in [-0.1, -0.05) is 6.07 Å². The molecule has 11 heteroatoms. The molecule has 0 amide bonds. The van der Waals surface area contributed by atoms with Crippen molar-refractivity contribution < 1.29 is 21.6 Å². The summed E-state index contributed by atoms with van der Waals surface area (Å²) in [7, 11) is -6.15. The van der Waals surface area contributed by atoms with E-state index in [0.29, 0.717) is 11.4 Å². The van der Waals surface area contributed by atoms with Crippen LogP contribution in [0.4, 0.5) is 5.69 Å². The molecule has 2 N–H and O–H groups in total. The first-order valence-corrected chi connectivity index (χ1v) is 11.0. The molecule has 0 aliphatic heterocycles. The fourth-order valence-electron chi connectivity index (χ4n) is 2.38. The van der Waals surface area contributed by atoms with Crippen molar-refractivity contribution >= 4 is 31.3 Å². The van der Waals surface area contributed by atoms with Crippen LogP contribution in [0, 0.1) is 0 Å². The number of fused-ring (bicyclic) bond motifs is 1. The molecule has 0 saturated heterocycles. The van der Waals surface area contributed by atoms with Gasteiger partial charge in [-0.15, -0.1) is 0 Å². The van der Waals surface area contributed by atoms with E-state index >= 15 is 0 Å². The minimum atomic E-state index is -3.84. The molecule has 0 aliphatic carbocycles. The number of methoxy groups -OCH3 is 1. The molecule has 2 aromatic heterocycles. The summed E-state index contributed by atoms with van der Waals surface area (Å²) in [5.41, 5.74) is 1.10. The second kappa shape index (κ2) is 7.55. The quantitative estimate of drug-likeness (QED) is 0.573. The first kappa shape index (κ1) is 19.1. The number of benzene rings is 1. The van der Waals surface area contributed by atoms with Crippen molar-refractivity contribution in [2.75, 3.05) is 24.1 Å². The van der Waals surface area contributed by atoms with Crippen LogP contribution in [-0.4, -0.2) is 45.9 Å². The van der Waals surface area contributed by atoms with Crippen molar-refractivity contribution in [3.63, 3.8) is 0 Å². The van der Waals surface area contributed by atoms with E-state index in [-0.39, 0.29) is 11.4 Å². The third-order valence-corrected chi connectivity index (χ3v) is 6.43. The van der Waals surface area contributed by atoms with Crippen molar-refractivity contribution in [1.29, 1.82) is 0 Å². The molecule has 27 heavy (non-hydrogen) atoms. The molecule has 1 aromatic carbocycles. The van der Waals surface area contributed by atoms with Crippen LogP contribution in [0.1, 0.15) is 0 Å². The highest BCUT2D eigenvalue weighted by Gasteiger charge is 2.17. The molecule has 0 saturated carbocycles. The van der Waals surface area contributed by atoms with Crippen molar-refractivity contribution in [1.82, 2.24) is 14.3 Å². The third-order valence-electron chi connectivity index (χ3n) is 3.69. The minimum absolute atomic E-state index is 0.00149. The molecule has 0 atom stereocenters. The van der Waals surface area contributed by atoms with Gasteiger partial charge in [0.15, 0.2) is 0 Å². The molecule has 0 aliphatic rings. The first-order valence-electron chi connectivity index (χ1n) is 7.87. The number of hydrogen-bond acceptors (Lipinski definition) is 6. The Kier molecular flexibility index (Phi) is 5.35. The Bertz CT molecular complexity index is 1160. The number of sulfonamides is 2. The number of nitrogens with one attached hydrogen (secondary N) is 2. The molecule has 144 valence electrons. The predicted octanol–water partition coefficient (Wildman–Crippen LogP) is 1.06. The number of rotatable bonds is 8. The van der Waals surface area contributed by atoms with E-state index in [9.17, 15) is 16.8 Å². The Morgan fingerprint density at radius 3 is 2.70 bits per heavy atom. The molecule has 0 radical (unpaired) electrons. The third kappa shape index (κ3) is 4.76. The number of ether oxygens (including phenoxy) is 1. The van der Waals surface area contributed by atoms with E-state index in [1.54, 1.807) is 41.2 Å². The lowest BCUT2D eigenvalue weighted by molar-refractivity contribution is 0.413. The zero-order chi connectivity index (χ0) is 19.5. The Hall–Kier alpha value is -2.63. The predicted molar refractivity (Wildman–Crippen MR) is 101 cm³/mol. The number of anilines is 1. The summed E-state index contributed by atoms with van der Waals surface area (Å²) in [5, 5.41) is 4.03. The summed E-state index contributed by atoms with van der Waals surface area (Å²) in [5.74, 6) is -0.0249. The number of nitrogens with zero attached hydrogens (tertiary/aromatic N) is 2. The van der Waals surface area contributed by atoms with Gasteiger partial charge in [-0.25, -0.2) is 26.1 Å². The molecule has 9 nitrogen and oxygen atoms in total. The first-order chi connectivity index (χ1) is 12.8. The van der Waals surface area contributed by atoms with Crippen LogP contribution in [0.25, 0.3) is 5.52 Å². The highest BCUT2D eigenvalue weighted by molar-refractivity contribution is 7.92. The maximum atomic E-state index is 12.3.